The highest BCUT2D eigenvalue weighted by molar-refractivity contribution is 6.31. The van der Waals surface area contributed by atoms with Crippen molar-refractivity contribution in [2.24, 2.45) is 0 Å². The maximum absolute atomic E-state index is 13.1. The van der Waals surface area contributed by atoms with E-state index in [2.05, 4.69) is 16.4 Å². The number of nitrogens with zero attached hydrogens (tertiary/aromatic N) is 4. The summed E-state index contributed by atoms with van der Waals surface area (Å²) in [5.41, 5.74) is 2.81. The molecule has 2 aromatic carbocycles. The fourth-order valence-electron chi connectivity index (χ4n) is 5.08. The highest BCUT2D eigenvalue weighted by atomic mass is 35.5. The zero-order valence-corrected chi connectivity index (χ0v) is 24.7. The smallest absolute Gasteiger partial charge is 0.414 e. The fourth-order valence-corrected chi connectivity index (χ4v) is 5.25. The van der Waals surface area contributed by atoms with E-state index in [1.165, 1.54) is 0 Å². The summed E-state index contributed by atoms with van der Waals surface area (Å²) in [6.07, 6.45) is 2.87. The number of aromatic nitrogens is 2. The van der Waals surface area contributed by atoms with Crippen LogP contribution < -0.4 is 15.0 Å². The molecule has 214 valence electrons. The zero-order valence-electron chi connectivity index (χ0n) is 24.0. The van der Waals surface area contributed by atoms with Crippen molar-refractivity contribution in [3.05, 3.63) is 58.7 Å². The number of amides is 1. The Hall–Kier alpha value is -3.87. The third kappa shape index (κ3) is 6.39. The summed E-state index contributed by atoms with van der Waals surface area (Å²) in [5, 5.41) is 13.9. The predicted octanol–water partition coefficient (Wildman–Crippen LogP) is 7.00. The van der Waals surface area contributed by atoms with Gasteiger partial charge < -0.3 is 19.5 Å². The first-order chi connectivity index (χ1) is 19.4. The second-order valence-electron chi connectivity index (χ2n) is 11.9. The van der Waals surface area contributed by atoms with Gasteiger partial charge in [-0.15, -0.1) is 0 Å². The van der Waals surface area contributed by atoms with Crippen molar-refractivity contribution in [1.29, 1.82) is 5.26 Å². The van der Waals surface area contributed by atoms with Crippen LogP contribution in [0.5, 0.6) is 5.75 Å². The second-order valence-corrected chi connectivity index (χ2v) is 12.4. The van der Waals surface area contributed by atoms with Gasteiger partial charge in [-0.05, 0) is 62.7 Å². The summed E-state index contributed by atoms with van der Waals surface area (Å²) >= 11 is 6.31. The van der Waals surface area contributed by atoms with Gasteiger partial charge in [-0.2, -0.15) is 5.26 Å². The minimum atomic E-state index is -0.653. The Bertz CT molecular complexity index is 1510. The van der Waals surface area contributed by atoms with Crippen molar-refractivity contribution in [3.8, 4) is 23.1 Å². The number of anilines is 3. The molecule has 2 aliphatic rings. The lowest BCUT2D eigenvalue weighted by Gasteiger charge is -2.26. The average molecular weight is 576 g/mol. The Kier molecular flexibility index (Phi) is 7.82. The number of benzene rings is 2. The van der Waals surface area contributed by atoms with Crippen molar-refractivity contribution in [2.45, 2.75) is 64.6 Å². The lowest BCUT2D eigenvalue weighted by molar-refractivity contribution is 0.0258. The molecule has 1 aromatic heterocycles. The first-order valence-electron chi connectivity index (χ1n) is 13.7. The van der Waals surface area contributed by atoms with E-state index in [0.29, 0.717) is 59.1 Å². The molecule has 0 atom stereocenters. The van der Waals surface area contributed by atoms with Crippen LogP contribution in [0.4, 0.5) is 22.1 Å². The van der Waals surface area contributed by atoms with E-state index in [1.54, 1.807) is 35.4 Å². The number of nitrogens with one attached hydrogen (secondary N) is 1. The molecule has 41 heavy (non-hydrogen) atoms. The van der Waals surface area contributed by atoms with Crippen LogP contribution in [0.15, 0.2) is 42.6 Å². The summed E-state index contributed by atoms with van der Waals surface area (Å²) in [6.45, 7) is 11.3. The summed E-state index contributed by atoms with van der Waals surface area (Å²) < 4.78 is 17.4. The maximum atomic E-state index is 13.1. The molecule has 1 saturated heterocycles. The van der Waals surface area contributed by atoms with Crippen LogP contribution in [0.2, 0.25) is 5.02 Å². The fraction of sp³-hybridized carbons (Fsp3) is 0.419. The van der Waals surface area contributed by atoms with Gasteiger partial charge in [-0.1, -0.05) is 25.4 Å². The van der Waals surface area contributed by atoms with E-state index in [1.807, 2.05) is 46.8 Å². The molecular formula is C31H34ClN5O4. The Morgan fingerprint density at radius 1 is 1.20 bits per heavy atom. The first-order valence-corrected chi connectivity index (χ1v) is 14.0. The lowest BCUT2D eigenvalue weighted by Crippen LogP contribution is -2.38. The predicted molar refractivity (Wildman–Crippen MR) is 158 cm³/mol. The summed E-state index contributed by atoms with van der Waals surface area (Å²) in [5.74, 6) is 1.01. The molecule has 0 saturated carbocycles. The van der Waals surface area contributed by atoms with Gasteiger partial charge in [0.25, 0.3) is 0 Å². The Balaban J connectivity index is 1.46. The number of nitriles is 1. The van der Waals surface area contributed by atoms with Crippen molar-refractivity contribution in [1.82, 2.24) is 9.97 Å². The molecule has 5 rings (SSSR count). The molecule has 3 aromatic rings. The normalized spacial score (nSPS) is 16.6. The van der Waals surface area contributed by atoms with Crippen LogP contribution in [0.25, 0.3) is 11.3 Å². The monoisotopic (exact) mass is 575 g/mol. The number of fused-ring (bicyclic) bond motifs is 1. The number of hydrogen-bond donors (Lipinski definition) is 1. The van der Waals surface area contributed by atoms with Crippen LogP contribution in [-0.2, 0) is 14.9 Å². The number of halogens is 1. The number of ether oxygens (including phenoxy) is 3. The maximum Gasteiger partial charge on any atom is 0.414 e. The quantitative estimate of drug-likeness (QED) is 0.346. The van der Waals surface area contributed by atoms with Crippen LogP contribution in [0, 0.1) is 11.3 Å². The topological polar surface area (TPSA) is 110 Å². The summed E-state index contributed by atoms with van der Waals surface area (Å²) in [7, 11) is 0. The van der Waals surface area contributed by atoms with Crippen molar-refractivity contribution in [3.63, 3.8) is 0 Å². The molecule has 0 radical (unpaired) electrons. The van der Waals surface area contributed by atoms with E-state index in [9.17, 15) is 10.1 Å². The SMILES string of the molecule is CC(C)(C)OC(=O)N1CC(C)(C)c2cc(-c3ccnc(Nc4cc(Cl)ccc4OC4CCOCC4)n3)cc(C#N)c21. The molecule has 0 spiro atoms. The van der Waals surface area contributed by atoms with E-state index in [0.717, 1.165) is 24.0 Å². The van der Waals surface area contributed by atoms with Crippen molar-refractivity contribution in [2.75, 3.05) is 30.0 Å². The third-order valence-corrected chi connectivity index (χ3v) is 7.23. The Labute approximate surface area is 245 Å². The highest BCUT2D eigenvalue weighted by Crippen LogP contribution is 2.45. The number of carbonyl (C=O) groups is 1. The first kappa shape index (κ1) is 28.7. The van der Waals surface area contributed by atoms with Crippen LogP contribution in [0.1, 0.15) is 58.6 Å². The average Bonchev–Trinajstić information content (AvgIpc) is 3.20. The van der Waals surface area contributed by atoms with Gasteiger partial charge in [0.15, 0.2) is 0 Å². The van der Waals surface area contributed by atoms with Crippen LogP contribution in [0.3, 0.4) is 0 Å². The number of hydrogen-bond acceptors (Lipinski definition) is 8. The standard InChI is InChI=1S/C31H34ClN5O4/c1-30(2,3)41-29(38)37-18-31(4,5)23-15-19(14-20(17-33)27(23)37)24-8-11-34-28(35-24)36-25-16-21(32)6-7-26(25)40-22-9-12-39-13-10-22/h6-8,11,14-16,22H,9-10,12-13,18H2,1-5H3,(H,34,35,36). The third-order valence-electron chi connectivity index (χ3n) is 7.00. The van der Waals surface area contributed by atoms with Gasteiger partial charge in [0.1, 0.15) is 23.5 Å². The largest absolute Gasteiger partial charge is 0.488 e. The molecule has 1 N–H and O–H groups in total. The number of rotatable bonds is 5. The van der Waals surface area contributed by atoms with Gasteiger partial charge in [0.2, 0.25) is 5.95 Å². The number of carbonyl (C=O) groups excluding carboxylic acids is 1. The molecule has 0 aliphatic carbocycles. The molecule has 0 unspecified atom stereocenters. The van der Waals surface area contributed by atoms with Crippen molar-refractivity contribution < 1.29 is 19.0 Å². The highest BCUT2D eigenvalue weighted by Gasteiger charge is 2.42. The molecule has 10 heteroatoms. The molecular weight excluding hydrogens is 542 g/mol. The van der Waals surface area contributed by atoms with E-state index in [-0.39, 0.29) is 6.10 Å². The zero-order chi connectivity index (χ0) is 29.4. The van der Waals surface area contributed by atoms with Gasteiger partial charge in [-0.25, -0.2) is 14.8 Å². The Morgan fingerprint density at radius 3 is 2.66 bits per heavy atom. The molecule has 3 heterocycles. The molecule has 0 bridgehead atoms. The lowest BCUT2D eigenvalue weighted by atomic mass is 9.85. The molecule has 1 amide bonds. The van der Waals surface area contributed by atoms with Gasteiger partial charge >= 0.3 is 6.09 Å². The van der Waals surface area contributed by atoms with Crippen LogP contribution >= 0.6 is 11.6 Å². The summed E-state index contributed by atoms with van der Waals surface area (Å²) in [6, 6.07) is 13.2. The van der Waals surface area contributed by atoms with Gasteiger partial charge in [0, 0.05) is 41.6 Å². The van der Waals surface area contributed by atoms with Gasteiger partial charge in [0.05, 0.1) is 35.8 Å². The molecule has 1 fully saturated rings. The summed E-state index contributed by atoms with van der Waals surface area (Å²) in [4.78, 5) is 23.8. The Morgan fingerprint density at radius 2 is 1.95 bits per heavy atom. The minimum Gasteiger partial charge on any atom is -0.488 e. The van der Waals surface area contributed by atoms with Crippen molar-refractivity contribution >= 4 is 35.0 Å². The second kappa shape index (κ2) is 11.2. The van der Waals surface area contributed by atoms with E-state index >= 15 is 0 Å². The van der Waals surface area contributed by atoms with E-state index in [4.69, 9.17) is 30.8 Å². The minimum absolute atomic E-state index is 0.0529. The van der Waals surface area contributed by atoms with Crippen LogP contribution in [-0.4, -0.2) is 47.5 Å². The van der Waals surface area contributed by atoms with E-state index < -0.39 is 17.1 Å². The van der Waals surface area contributed by atoms with Gasteiger partial charge in [-0.3, -0.25) is 4.90 Å². The molecule has 2 aliphatic heterocycles. The molecule has 9 nitrogen and oxygen atoms in total.